The highest BCUT2D eigenvalue weighted by atomic mass is 16.5. The van der Waals surface area contributed by atoms with E-state index >= 15 is 0 Å². The number of hydrogen-bond donors (Lipinski definition) is 1. The molecule has 1 aliphatic heterocycles. The van der Waals surface area contributed by atoms with Crippen molar-refractivity contribution in [1.29, 1.82) is 0 Å². The van der Waals surface area contributed by atoms with E-state index in [1.165, 1.54) is 42.7 Å². The zero-order valence-electron chi connectivity index (χ0n) is 18.8. The summed E-state index contributed by atoms with van der Waals surface area (Å²) in [4.78, 5) is 12.0. The molecular formula is C22H26N2O8. The highest BCUT2D eigenvalue weighted by Crippen LogP contribution is 2.44. The molecule has 10 nitrogen and oxygen atoms in total. The smallest absolute Gasteiger partial charge is 0.428 e. The van der Waals surface area contributed by atoms with Crippen LogP contribution in [0, 0.1) is 0 Å². The maximum absolute atomic E-state index is 12.0. The lowest BCUT2D eigenvalue weighted by molar-refractivity contribution is 0.134. The molecule has 0 fully saturated rings. The van der Waals surface area contributed by atoms with Crippen molar-refractivity contribution in [1.82, 2.24) is 5.01 Å². The molecule has 1 aliphatic rings. The third kappa shape index (κ3) is 4.03. The van der Waals surface area contributed by atoms with E-state index in [0.717, 1.165) is 5.01 Å². The quantitative estimate of drug-likeness (QED) is 0.656. The first kappa shape index (κ1) is 22.9. The van der Waals surface area contributed by atoms with Gasteiger partial charge in [-0.05, 0) is 29.8 Å². The van der Waals surface area contributed by atoms with Gasteiger partial charge in [0.15, 0.2) is 23.0 Å². The van der Waals surface area contributed by atoms with Gasteiger partial charge in [-0.3, -0.25) is 0 Å². The maximum Gasteiger partial charge on any atom is 0.428 e. The van der Waals surface area contributed by atoms with Crippen molar-refractivity contribution in [2.24, 2.45) is 5.10 Å². The molecule has 0 radical (unpaired) electrons. The van der Waals surface area contributed by atoms with E-state index in [9.17, 15) is 9.90 Å². The number of hydrazone groups is 1. The van der Waals surface area contributed by atoms with E-state index < -0.39 is 12.1 Å². The van der Waals surface area contributed by atoms with Gasteiger partial charge in [-0.1, -0.05) is 0 Å². The fraction of sp³-hybridized carbons (Fsp3) is 0.364. The van der Waals surface area contributed by atoms with Crippen LogP contribution in [-0.4, -0.2) is 64.6 Å². The summed E-state index contributed by atoms with van der Waals surface area (Å²) in [5.41, 5.74) is 1.85. The van der Waals surface area contributed by atoms with Crippen molar-refractivity contribution in [3.05, 3.63) is 35.4 Å². The number of carbonyl (C=O) groups is 1. The number of amides is 1. The SMILES string of the molecule is COc1cc(C2=NN(C(=O)O)C(c3cc(OC)c(OC)c(OC)c3)C2)cc(OC)c1OC. The number of nitrogens with zero attached hydrogens (tertiary/aromatic N) is 2. The molecule has 3 rings (SSSR count). The van der Waals surface area contributed by atoms with E-state index in [0.29, 0.717) is 57.8 Å². The minimum absolute atomic E-state index is 0.309. The highest BCUT2D eigenvalue weighted by molar-refractivity contribution is 6.03. The Labute approximate surface area is 185 Å². The van der Waals surface area contributed by atoms with Gasteiger partial charge in [0.1, 0.15) is 0 Å². The summed E-state index contributed by atoms with van der Waals surface area (Å²) >= 11 is 0. The molecule has 0 aromatic heterocycles. The van der Waals surface area contributed by atoms with Crippen molar-refractivity contribution >= 4 is 11.8 Å². The fourth-order valence-electron chi connectivity index (χ4n) is 3.66. The molecule has 172 valence electrons. The average Bonchev–Trinajstić information content (AvgIpc) is 3.27. The second-order valence-electron chi connectivity index (χ2n) is 6.77. The second kappa shape index (κ2) is 9.54. The van der Waals surface area contributed by atoms with Gasteiger partial charge in [-0.2, -0.15) is 10.1 Å². The molecule has 2 aromatic carbocycles. The van der Waals surface area contributed by atoms with E-state index in [1.54, 1.807) is 24.3 Å². The molecular weight excluding hydrogens is 420 g/mol. The van der Waals surface area contributed by atoms with Gasteiger partial charge in [0.25, 0.3) is 0 Å². The maximum atomic E-state index is 12.0. The van der Waals surface area contributed by atoms with Gasteiger partial charge < -0.3 is 33.5 Å². The van der Waals surface area contributed by atoms with Crippen LogP contribution in [0.25, 0.3) is 0 Å². The number of benzene rings is 2. The third-order valence-corrected chi connectivity index (χ3v) is 5.18. The molecule has 1 heterocycles. The minimum atomic E-state index is -1.19. The Morgan fingerprint density at radius 1 is 0.812 bits per heavy atom. The average molecular weight is 446 g/mol. The number of carboxylic acid groups (broad SMARTS) is 1. The number of ether oxygens (including phenoxy) is 6. The van der Waals surface area contributed by atoms with Crippen molar-refractivity contribution < 1.29 is 38.3 Å². The Bertz CT molecular complexity index is 987. The van der Waals surface area contributed by atoms with Crippen LogP contribution in [0.4, 0.5) is 4.79 Å². The van der Waals surface area contributed by atoms with Crippen molar-refractivity contribution in [3.63, 3.8) is 0 Å². The molecule has 1 amide bonds. The largest absolute Gasteiger partial charge is 0.493 e. The van der Waals surface area contributed by atoms with Crippen molar-refractivity contribution in [2.45, 2.75) is 12.5 Å². The molecule has 1 atom stereocenters. The Hall–Kier alpha value is -3.82. The molecule has 0 saturated carbocycles. The minimum Gasteiger partial charge on any atom is -0.493 e. The van der Waals surface area contributed by atoms with Crippen LogP contribution in [0.1, 0.15) is 23.6 Å². The first-order valence-corrected chi connectivity index (χ1v) is 9.62. The fourth-order valence-corrected chi connectivity index (χ4v) is 3.66. The lowest BCUT2D eigenvalue weighted by atomic mass is 9.97. The van der Waals surface area contributed by atoms with Crippen LogP contribution >= 0.6 is 0 Å². The summed E-state index contributed by atoms with van der Waals surface area (Å²) in [7, 11) is 9.05. The second-order valence-corrected chi connectivity index (χ2v) is 6.77. The highest BCUT2D eigenvalue weighted by Gasteiger charge is 2.35. The van der Waals surface area contributed by atoms with Crippen LogP contribution in [-0.2, 0) is 0 Å². The lowest BCUT2D eigenvalue weighted by Gasteiger charge is -2.21. The first-order chi connectivity index (χ1) is 15.4. The molecule has 2 aromatic rings. The molecule has 1 unspecified atom stereocenters. The van der Waals surface area contributed by atoms with Crippen LogP contribution in [0.2, 0.25) is 0 Å². The molecule has 0 aliphatic carbocycles. The predicted molar refractivity (Wildman–Crippen MR) is 116 cm³/mol. The molecule has 0 saturated heterocycles. The Kier molecular flexibility index (Phi) is 6.82. The number of methoxy groups -OCH3 is 6. The predicted octanol–water partition coefficient (Wildman–Crippen LogP) is 3.57. The van der Waals surface area contributed by atoms with Gasteiger partial charge in [-0.15, -0.1) is 0 Å². The van der Waals surface area contributed by atoms with Crippen LogP contribution < -0.4 is 28.4 Å². The van der Waals surface area contributed by atoms with E-state index in [4.69, 9.17) is 28.4 Å². The van der Waals surface area contributed by atoms with E-state index in [1.807, 2.05) is 0 Å². The van der Waals surface area contributed by atoms with Gasteiger partial charge in [0.05, 0.1) is 54.4 Å². The van der Waals surface area contributed by atoms with E-state index in [2.05, 4.69) is 5.10 Å². The first-order valence-electron chi connectivity index (χ1n) is 9.62. The summed E-state index contributed by atoms with van der Waals surface area (Å²) in [6, 6.07) is 6.30. The Balaban J connectivity index is 2.07. The lowest BCUT2D eigenvalue weighted by Crippen LogP contribution is -2.25. The van der Waals surface area contributed by atoms with Gasteiger partial charge in [0.2, 0.25) is 11.5 Å². The Morgan fingerprint density at radius 3 is 1.62 bits per heavy atom. The summed E-state index contributed by atoms with van der Waals surface area (Å²) in [6.07, 6.45) is -0.880. The van der Waals surface area contributed by atoms with Gasteiger partial charge >= 0.3 is 6.09 Å². The number of hydrogen-bond acceptors (Lipinski definition) is 8. The molecule has 1 N–H and O–H groups in total. The Morgan fingerprint density at radius 2 is 1.25 bits per heavy atom. The van der Waals surface area contributed by atoms with Gasteiger partial charge in [0, 0.05) is 12.0 Å². The molecule has 32 heavy (non-hydrogen) atoms. The normalized spacial score (nSPS) is 15.1. The number of rotatable bonds is 8. The van der Waals surface area contributed by atoms with Crippen LogP contribution in [0.5, 0.6) is 34.5 Å². The summed E-state index contributed by atoms with van der Waals surface area (Å²) in [5, 5.41) is 15.2. The molecule has 10 heteroatoms. The zero-order valence-corrected chi connectivity index (χ0v) is 18.8. The third-order valence-electron chi connectivity index (χ3n) is 5.18. The van der Waals surface area contributed by atoms with E-state index in [-0.39, 0.29) is 0 Å². The van der Waals surface area contributed by atoms with Crippen LogP contribution in [0.3, 0.4) is 0 Å². The summed E-state index contributed by atoms with van der Waals surface area (Å²) in [6.45, 7) is 0. The van der Waals surface area contributed by atoms with Crippen LogP contribution in [0.15, 0.2) is 29.4 Å². The topological polar surface area (TPSA) is 108 Å². The molecule has 0 spiro atoms. The summed E-state index contributed by atoms with van der Waals surface area (Å²) in [5.74, 6) is 2.60. The van der Waals surface area contributed by atoms with Crippen molar-refractivity contribution in [2.75, 3.05) is 42.7 Å². The molecule has 0 bridgehead atoms. The van der Waals surface area contributed by atoms with Gasteiger partial charge in [-0.25, -0.2) is 4.79 Å². The monoisotopic (exact) mass is 446 g/mol. The standard InChI is InChI=1S/C22H26N2O8/c1-27-16-7-12(8-17(28-2)20(16)31-5)14-11-15(24(23-14)22(25)26)13-9-18(29-3)21(32-6)19(10-13)30-4/h7-10,15H,11H2,1-6H3,(H,25,26). The zero-order chi connectivity index (χ0) is 23.4. The van der Waals surface area contributed by atoms with Crippen molar-refractivity contribution in [3.8, 4) is 34.5 Å². The summed E-state index contributed by atoms with van der Waals surface area (Å²) < 4.78 is 32.4.